The van der Waals surface area contributed by atoms with E-state index >= 15 is 0 Å². The van der Waals surface area contributed by atoms with Gasteiger partial charge in [0.15, 0.2) is 5.13 Å². The van der Waals surface area contributed by atoms with Crippen molar-refractivity contribution in [1.29, 1.82) is 0 Å². The molecule has 0 atom stereocenters. The molecule has 2 aromatic rings. The Kier molecular flexibility index (Phi) is 4.07. The first kappa shape index (κ1) is 14.3. The molecule has 0 unspecified atom stereocenters. The average molecular weight is 305 g/mol. The van der Waals surface area contributed by atoms with Gasteiger partial charge in [-0.15, -0.1) is 0 Å². The van der Waals surface area contributed by atoms with Crippen LogP contribution < -0.4 is 4.90 Å². The monoisotopic (exact) mass is 305 g/mol. The summed E-state index contributed by atoms with van der Waals surface area (Å²) in [6, 6.07) is 6.23. The standard InChI is InChI=1S/C15H19N3O2S/c1-11-3-2-4-12-14(11)21-15(16-12)18-9-7-17(8-10-18)6-5-13(19)20/h2-4H,5-10H2,1H3,(H,19,20). The Bertz CT molecular complexity index is 647. The highest BCUT2D eigenvalue weighted by atomic mass is 32.1. The van der Waals surface area contributed by atoms with Gasteiger partial charge in [0.25, 0.3) is 0 Å². The number of aromatic nitrogens is 1. The van der Waals surface area contributed by atoms with Crippen molar-refractivity contribution < 1.29 is 9.90 Å². The summed E-state index contributed by atoms with van der Waals surface area (Å²) in [4.78, 5) is 19.9. The number of hydrogen-bond donors (Lipinski definition) is 1. The van der Waals surface area contributed by atoms with Crippen LogP contribution in [0.15, 0.2) is 18.2 Å². The normalized spacial score (nSPS) is 16.5. The lowest BCUT2D eigenvalue weighted by atomic mass is 10.2. The maximum Gasteiger partial charge on any atom is 0.304 e. The second-order valence-corrected chi connectivity index (χ2v) is 6.37. The molecule has 0 spiro atoms. The zero-order chi connectivity index (χ0) is 14.8. The summed E-state index contributed by atoms with van der Waals surface area (Å²) in [6.07, 6.45) is 0.223. The molecule has 2 heterocycles. The van der Waals surface area contributed by atoms with Crippen molar-refractivity contribution in [2.75, 3.05) is 37.6 Å². The van der Waals surface area contributed by atoms with Gasteiger partial charge in [0.05, 0.1) is 16.6 Å². The van der Waals surface area contributed by atoms with Crippen LogP contribution in [-0.2, 0) is 4.79 Å². The highest BCUT2D eigenvalue weighted by Gasteiger charge is 2.20. The molecule has 0 radical (unpaired) electrons. The van der Waals surface area contributed by atoms with Gasteiger partial charge in [-0.3, -0.25) is 9.69 Å². The number of carboxylic acid groups (broad SMARTS) is 1. The van der Waals surface area contributed by atoms with Gasteiger partial charge in [-0.2, -0.15) is 0 Å². The number of piperazine rings is 1. The van der Waals surface area contributed by atoms with Crippen LogP contribution in [-0.4, -0.2) is 53.7 Å². The van der Waals surface area contributed by atoms with Crippen LogP contribution in [0.5, 0.6) is 0 Å². The lowest BCUT2D eigenvalue weighted by Crippen LogP contribution is -2.46. The van der Waals surface area contributed by atoms with Crippen LogP contribution in [0.1, 0.15) is 12.0 Å². The maximum absolute atomic E-state index is 10.6. The van der Waals surface area contributed by atoms with Crippen molar-refractivity contribution in [3.63, 3.8) is 0 Å². The summed E-state index contributed by atoms with van der Waals surface area (Å²) >= 11 is 1.75. The third-order valence-electron chi connectivity index (χ3n) is 3.89. The molecular formula is C15H19N3O2S. The molecule has 6 heteroatoms. The molecule has 0 aliphatic carbocycles. The molecule has 3 rings (SSSR count). The summed E-state index contributed by atoms with van der Waals surface area (Å²) in [7, 11) is 0. The highest BCUT2D eigenvalue weighted by molar-refractivity contribution is 7.22. The first-order valence-electron chi connectivity index (χ1n) is 7.19. The summed E-state index contributed by atoms with van der Waals surface area (Å²) in [5.41, 5.74) is 2.35. The van der Waals surface area contributed by atoms with E-state index in [4.69, 9.17) is 10.1 Å². The van der Waals surface area contributed by atoms with Gasteiger partial charge in [-0.25, -0.2) is 4.98 Å². The number of nitrogens with zero attached hydrogens (tertiary/aromatic N) is 3. The summed E-state index contributed by atoms with van der Waals surface area (Å²) in [5, 5.41) is 9.82. The minimum Gasteiger partial charge on any atom is -0.481 e. The number of thiazole rings is 1. The molecule has 5 nitrogen and oxygen atoms in total. The van der Waals surface area contributed by atoms with Crippen molar-refractivity contribution in [2.45, 2.75) is 13.3 Å². The molecule has 1 saturated heterocycles. The van der Waals surface area contributed by atoms with Crippen molar-refractivity contribution in [3.8, 4) is 0 Å². The minimum absolute atomic E-state index is 0.223. The quantitative estimate of drug-likeness (QED) is 0.938. The number of rotatable bonds is 4. The Morgan fingerprint density at radius 2 is 2.10 bits per heavy atom. The summed E-state index contributed by atoms with van der Waals surface area (Å²) < 4.78 is 1.26. The number of anilines is 1. The fourth-order valence-corrected chi connectivity index (χ4v) is 3.71. The fraction of sp³-hybridized carbons (Fsp3) is 0.467. The Morgan fingerprint density at radius 1 is 1.33 bits per heavy atom. The van der Waals surface area contributed by atoms with Crippen molar-refractivity contribution in [3.05, 3.63) is 23.8 Å². The average Bonchev–Trinajstić information content (AvgIpc) is 2.91. The third-order valence-corrected chi connectivity index (χ3v) is 5.15. The number of hydrogen-bond acceptors (Lipinski definition) is 5. The van der Waals surface area contributed by atoms with E-state index in [1.54, 1.807) is 11.3 Å². The largest absolute Gasteiger partial charge is 0.481 e. The third kappa shape index (κ3) is 3.16. The maximum atomic E-state index is 10.6. The molecule has 0 bridgehead atoms. The molecule has 1 fully saturated rings. The zero-order valence-corrected chi connectivity index (χ0v) is 12.9. The van der Waals surface area contributed by atoms with Crippen LogP contribution >= 0.6 is 11.3 Å². The Labute approximate surface area is 127 Å². The van der Waals surface area contributed by atoms with Gasteiger partial charge in [0.1, 0.15) is 0 Å². The number of fused-ring (bicyclic) bond motifs is 1. The molecule has 1 aromatic carbocycles. The SMILES string of the molecule is Cc1cccc2nc(N3CCN(CCC(=O)O)CC3)sc12. The molecule has 1 aromatic heterocycles. The second-order valence-electron chi connectivity index (χ2n) is 5.39. The van der Waals surface area contributed by atoms with Crippen molar-refractivity contribution in [1.82, 2.24) is 9.88 Å². The Morgan fingerprint density at radius 3 is 2.76 bits per heavy atom. The molecule has 0 amide bonds. The lowest BCUT2D eigenvalue weighted by molar-refractivity contribution is -0.137. The van der Waals surface area contributed by atoms with E-state index < -0.39 is 5.97 Å². The van der Waals surface area contributed by atoms with Crippen LogP contribution in [0, 0.1) is 6.92 Å². The van der Waals surface area contributed by atoms with E-state index in [2.05, 4.69) is 28.9 Å². The molecule has 1 aliphatic rings. The first-order chi connectivity index (χ1) is 10.1. The smallest absolute Gasteiger partial charge is 0.304 e. The predicted octanol–water partition coefficient (Wildman–Crippen LogP) is 2.20. The minimum atomic E-state index is -0.723. The van der Waals surface area contributed by atoms with Crippen LogP contribution in [0.2, 0.25) is 0 Å². The van der Waals surface area contributed by atoms with Gasteiger partial charge in [-0.1, -0.05) is 23.5 Å². The van der Waals surface area contributed by atoms with Gasteiger partial charge in [0.2, 0.25) is 0 Å². The second kappa shape index (κ2) is 5.99. The van der Waals surface area contributed by atoms with E-state index in [0.29, 0.717) is 6.54 Å². The lowest BCUT2D eigenvalue weighted by Gasteiger charge is -2.34. The Balaban J connectivity index is 1.65. The first-order valence-corrected chi connectivity index (χ1v) is 8.00. The molecule has 1 N–H and O–H groups in total. The van der Waals surface area contributed by atoms with Crippen molar-refractivity contribution >= 4 is 32.7 Å². The van der Waals surface area contributed by atoms with Gasteiger partial charge >= 0.3 is 5.97 Å². The predicted molar refractivity (Wildman–Crippen MR) is 85.3 cm³/mol. The highest BCUT2D eigenvalue weighted by Crippen LogP contribution is 2.31. The van der Waals surface area contributed by atoms with Crippen molar-refractivity contribution in [2.24, 2.45) is 0 Å². The summed E-state index contributed by atoms with van der Waals surface area (Å²) in [6.45, 7) is 6.40. The van der Waals surface area contributed by atoms with Crippen LogP contribution in [0.4, 0.5) is 5.13 Å². The molecule has 112 valence electrons. The van der Waals surface area contributed by atoms with E-state index in [1.807, 2.05) is 6.07 Å². The molecular weight excluding hydrogens is 286 g/mol. The summed E-state index contributed by atoms with van der Waals surface area (Å²) in [5.74, 6) is -0.723. The number of carbonyl (C=O) groups is 1. The Hall–Kier alpha value is -1.66. The van der Waals surface area contributed by atoms with E-state index in [9.17, 15) is 4.79 Å². The van der Waals surface area contributed by atoms with E-state index in [-0.39, 0.29) is 6.42 Å². The zero-order valence-electron chi connectivity index (χ0n) is 12.1. The number of aryl methyl sites for hydroxylation is 1. The fourth-order valence-electron chi connectivity index (χ4n) is 2.63. The van der Waals surface area contributed by atoms with Crippen LogP contribution in [0.3, 0.4) is 0 Å². The number of carboxylic acids is 1. The van der Waals surface area contributed by atoms with Gasteiger partial charge in [-0.05, 0) is 18.6 Å². The van der Waals surface area contributed by atoms with Gasteiger partial charge < -0.3 is 10.0 Å². The van der Waals surface area contributed by atoms with E-state index in [0.717, 1.165) is 36.8 Å². The van der Waals surface area contributed by atoms with Crippen LogP contribution in [0.25, 0.3) is 10.2 Å². The molecule has 1 aliphatic heterocycles. The topological polar surface area (TPSA) is 56.7 Å². The van der Waals surface area contributed by atoms with Gasteiger partial charge in [0, 0.05) is 32.7 Å². The number of benzene rings is 1. The molecule has 21 heavy (non-hydrogen) atoms. The number of aliphatic carboxylic acids is 1. The van der Waals surface area contributed by atoms with E-state index in [1.165, 1.54) is 10.3 Å². The molecule has 0 saturated carbocycles.